The lowest BCUT2D eigenvalue weighted by Crippen LogP contribution is -2.50. The molecule has 5 N–H and O–H groups in total. The van der Waals surface area contributed by atoms with Gasteiger partial charge in [0.05, 0.1) is 0 Å². The lowest BCUT2D eigenvalue weighted by Gasteiger charge is -2.24. The van der Waals surface area contributed by atoms with Crippen molar-refractivity contribution in [3.05, 3.63) is 0 Å². The molecule has 0 rings (SSSR count). The summed E-state index contributed by atoms with van der Waals surface area (Å²) in [6.45, 7) is 21.7. The minimum atomic E-state index is -1.06. The summed E-state index contributed by atoms with van der Waals surface area (Å²) in [6, 6.07) is -1.61. The van der Waals surface area contributed by atoms with Gasteiger partial charge in [0, 0.05) is 15.5 Å². The third kappa shape index (κ3) is 23.1. The number of halogens is 1. The molecule has 0 aliphatic rings. The first-order valence-corrected chi connectivity index (χ1v) is 16.9. The predicted molar refractivity (Wildman–Crippen MR) is 175 cm³/mol. The van der Waals surface area contributed by atoms with E-state index >= 15 is 0 Å². The van der Waals surface area contributed by atoms with Crippen LogP contribution in [0.15, 0.2) is 3.15 Å². The maximum absolute atomic E-state index is 11.5. The summed E-state index contributed by atoms with van der Waals surface area (Å²) < 4.78 is 14.3. The lowest BCUT2D eigenvalue weighted by atomic mass is 10.0. The third-order valence-corrected chi connectivity index (χ3v) is 5.98. The smallest absolute Gasteiger partial charge is 0.408 e. The van der Waals surface area contributed by atoms with Crippen molar-refractivity contribution in [1.82, 2.24) is 21.3 Å². The molecule has 0 aromatic rings. The summed E-state index contributed by atoms with van der Waals surface area (Å²) in [4.78, 5) is 58.2. The standard InChI is InChI=1S/C11H22N2O3.C10H19NO4.C7H15IN2O.H2/c1-7(2)8(9(14)12-6)13-10(15)16-11(3,4)5;1-6(2)7(8(12)13)11-9(14)15-10(3,4)5;1-5(2)6(10-8-3)7(11)9-4;/h7-8H,1-6H3,(H,12,14)(H,13,15);6-7H,1-5H3,(H,11,14)(H,12,13);5-6H,1-4H3,(H,9,11);1H/t8-;7-;6-;/m111./s1. The number of aliphatic carboxylic acids is 1. The molecule has 14 heteroatoms. The largest absolute Gasteiger partial charge is 0.480 e. The molecule has 250 valence electrons. The van der Waals surface area contributed by atoms with Gasteiger partial charge in [-0.15, -0.1) is 0 Å². The van der Waals surface area contributed by atoms with Crippen molar-refractivity contribution >= 4 is 51.0 Å². The summed E-state index contributed by atoms with van der Waals surface area (Å²) in [5.74, 6) is -1.10. The number of rotatable bonds is 9. The normalized spacial score (nSPS) is 13.7. The Bertz CT molecular complexity index is 887. The van der Waals surface area contributed by atoms with Gasteiger partial charge in [-0.1, -0.05) is 41.5 Å². The van der Waals surface area contributed by atoms with E-state index in [1.165, 1.54) is 7.05 Å². The van der Waals surface area contributed by atoms with Crippen LogP contribution in [0.2, 0.25) is 0 Å². The Morgan fingerprint density at radius 1 is 0.690 bits per heavy atom. The molecule has 0 aromatic heterocycles. The van der Waals surface area contributed by atoms with E-state index in [1.807, 2.05) is 27.7 Å². The van der Waals surface area contributed by atoms with Crippen LogP contribution >= 0.6 is 21.0 Å². The zero-order chi connectivity index (χ0) is 34.0. The van der Waals surface area contributed by atoms with E-state index in [4.69, 9.17) is 14.6 Å². The fourth-order valence-electron chi connectivity index (χ4n) is 2.79. The molecule has 0 heterocycles. The van der Waals surface area contributed by atoms with Crippen molar-refractivity contribution < 1.29 is 40.0 Å². The second-order valence-corrected chi connectivity index (χ2v) is 13.8. The Labute approximate surface area is 264 Å². The van der Waals surface area contributed by atoms with Gasteiger partial charge in [0.2, 0.25) is 11.8 Å². The Morgan fingerprint density at radius 2 is 1.05 bits per heavy atom. The van der Waals surface area contributed by atoms with Crippen molar-refractivity contribution in [3.63, 3.8) is 0 Å². The third-order valence-electron chi connectivity index (χ3n) is 4.82. The molecule has 0 saturated heterocycles. The van der Waals surface area contributed by atoms with Gasteiger partial charge in [0.25, 0.3) is 0 Å². The van der Waals surface area contributed by atoms with Gasteiger partial charge in [-0.2, -0.15) is 0 Å². The Morgan fingerprint density at radius 3 is 1.29 bits per heavy atom. The predicted octanol–water partition coefficient (Wildman–Crippen LogP) is 4.69. The summed E-state index contributed by atoms with van der Waals surface area (Å²) in [5, 5.41) is 18.8. The highest BCUT2D eigenvalue weighted by Crippen LogP contribution is 2.11. The van der Waals surface area contributed by atoms with Crippen molar-refractivity contribution in [1.29, 1.82) is 0 Å². The number of hydrogen-bond acceptors (Lipinski definition) is 8. The topological polar surface area (TPSA) is 185 Å². The van der Waals surface area contributed by atoms with E-state index in [9.17, 15) is 24.0 Å². The molecule has 0 aromatic carbocycles. The van der Waals surface area contributed by atoms with Gasteiger partial charge in [0.15, 0.2) is 0 Å². The Balaban J connectivity index is -0.000000267. The number of amides is 4. The van der Waals surface area contributed by atoms with Crippen LogP contribution in [0.4, 0.5) is 9.59 Å². The van der Waals surface area contributed by atoms with E-state index in [1.54, 1.807) is 62.4 Å². The lowest BCUT2D eigenvalue weighted by molar-refractivity contribution is -0.140. The molecule has 0 unspecified atom stereocenters. The van der Waals surface area contributed by atoms with Crippen LogP contribution in [-0.4, -0.2) is 83.4 Å². The zero-order valence-electron chi connectivity index (χ0n) is 28.1. The fraction of sp³-hybridized carbons (Fsp3) is 0.821. The molecule has 0 radical (unpaired) electrons. The van der Waals surface area contributed by atoms with Gasteiger partial charge in [-0.25, -0.2) is 17.5 Å². The van der Waals surface area contributed by atoms with Gasteiger partial charge in [-0.3, -0.25) is 9.59 Å². The highest BCUT2D eigenvalue weighted by atomic mass is 127. The molecule has 0 saturated carbocycles. The van der Waals surface area contributed by atoms with Gasteiger partial charge in [-0.05, 0) is 85.3 Å². The number of likely N-dealkylation sites (N-methyl/N-ethyl adjacent to an activating group) is 2. The number of nitrogens with zero attached hydrogens (tertiary/aromatic N) is 1. The molecule has 4 amide bonds. The second-order valence-electron chi connectivity index (χ2n) is 12.3. The molecule has 0 aliphatic heterocycles. The SMILES string of the molecule is CC(C)[C@@H](NC(=O)OC(C)(C)C)C(=O)O.CNC(=O)[C@H](N=IC)C(C)C.CNC(=O)[C@H](NC(=O)OC(C)(C)C)C(C)C.[HH]. The molecule has 3 atom stereocenters. The number of alkyl carbamates (subject to hydrolysis) is 2. The summed E-state index contributed by atoms with van der Waals surface area (Å²) >= 11 is -0.142. The monoisotopic (exact) mass is 719 g/mol. The average Bonchev–Trinajstić information content (AvgIpc) is 2.81. The van der Waals surface area contributed by atoms with Crippen LogP contribution in [0.3, 0.4) is 0 Å². The second kappa shape index (κ2) is 21.2. The van der Waals surface area contributed by atoms with E-state index in [-0.39, 0.29) is 52.2 Å². The Hall–Kier alpha value is -2.52. The van der Waals surface area contributed by atoms with Crippen molar-refractivity contribution in [2.45, 2.75) is 112 Å². The number of carbonyl (C=O) groups excluding carboxylic acids is 4. The van der Waals surface area contributed by atoms with Crippen LogP contribution in [0, 0.1) is 17.8 Å². The highest BCUT2D eigenvalue weighted by Gasteiger charge is 2.27. The van der Waals surface area contributed by atoms with E-state index < -0.39 is 41.4 Å². The van der Waals surface area contributed by atoms with E-state index in [0.717, 1.165) is 0 Å². The first-order valence-electron chi connectivity index (χ1n) is 13.8. The van der Waals surface area contributed by atoms with Crippen LogP contribution in [0.25, 0.3) is 0 Å². The summed E-state index contributed by atoms with van der Waals surface area (Å²) in [6.07, 6.45) is -1.28. The first kappa shape index (κ1) is 43.9. The molecule has 42 heavy (non-hydrogen) atoms. The zero-order valence-corrected chi connectivity index (χ0v) is 30.3. The van der Waals surface area contributed by atoms with Crippen molar-refractivity contribution in [2.24, 2.45) is 20.9 Å². The molecule has 0 fully saturated rings. The van der Waals surface area contributed by atoms with Crippen molar-refractivity contribution in [2.75, 3.05) is 19.0 Å². The maximum Gasteiger partial charge on any atom is 0.408 e. The number of carbonyl (C=O) groups is 5. The molecule has 13 nitrogen and oxygen atoms in total. The number of ether oxygens (including phenoxy) is 2. The van der Waals surface area contributed by atoms with E-state index in [0.29, 0.717) is 5.92 Å². The van der Waals surface area contributed by atoms with Gasteiger partial charge >= 0.3 is 18.2 Å². The minimum Gasteiger partial charge on any atom is -0.480 e. The number of alkyl halides is 1. The number of carboxylic acid groups (broad SMARTS) is 1. The highest BCUT2D eigenvalue weighted by molar-refractivity contribution is 14.2. The summed E-state index contributed by atoms with van der Waals surface area (Å²) in [5.41, 5.74) is -1.18. The number of carboxylic acids is 1. The van der Waals surface area contributed by atoms with Crippen LogP contribution in [0.5, 0.6) is 0 Å². The number of nitrogens with one attached hydrogen (secondary N) is 4. The molecular weight excluding hydrogens is 661 g/mol. The maximum atomic E-state index is 11.5. The molecule has 0 bridgehead atoms. The first-order chi connectivity index (χ1) is 18.9. The van der Waals surface area contributed by atoms with Crippen molar-refractivity contribution in [3.8, 4) is 0 Å². The van der Waals surface area contributed by atoms with E-state index in [2.05, 4.69) is 29.3 Å². The Kier molecular flexibility index (Phi) is 22.2. The fourth-order valence-corrected chi connectivity index (χ4v) is 4.28. The molecular formula is C28H58IN5O8. The quantitative estimate of drug-likeness (QED) is 0.168. The molecule has 0 aliphatic carbocycles. The van der Waals surface area contributed by atoms with Crippen LogP contribution in [-0.2, 0) is 23.9 Å². The van der Waals surface area contributed by atoms with Crippen LogP contribution in [0.1, 0.15) is 84.5 Å². The van der Waals surface area contributed by atoms with Gasteiger partial charge < -0.3 is 35.8 Å². The number of hydrogen-bond donors (Lipinski definition) is 5. The summed E-state index contributed by atoms with van der Waals surface area (Å²) in [7, 11) is 3.19. The average molecular weight is 720 g/mol. The van der Waals surface area contributed by atoms with Gasteiger partial charge in [0.1, 0.15) is 29.3 Å². The minimum absolute atomic E-state index is 0. The molecule has 0 spiro atoms. The van der Waals surface area contributed by atoms with Crippen LogP contribution < -0.4 is 21.3 Å².